The van der Waals surface area contributed by atoms with Crippen LogP contribution in [0.2, 0.25) is 0 Å². The zero-order valence-corrected chi connectivity index (χ0v) is 9.17. The molecule has 0 saturated carbocycles. The minimum atomic E-state index is -0.353. The van der Waals surface area contributed by atoms with Crippen molar-refractivity contribution in [3.8, 4) is 5.88 Å². The van der Waals surface area contributed by atoms with Crippen molar-refractivity contribution in [1.82, 2.24) is 19.8 Å². The van der Waals surface area contributed by atoms with Crippen LogP contribution >= 0.6 is 0 Å². The molecule has 2 heterocycles. The Bertz CT molecular complexity index is 349. The summed E-state index contributed by atoms with van der Waals surface area (Å²) >= 11 is 0. The molecule has 6 heteroatoms. The Labute approximate surface area is 93.8 Å². The second kappa shape index (κ2) is 4.89. The van der Waals surface area contributed by atoms with Gasteiger partial charge in [0.25, 0.3) is 0 Å². The van der Waals surface area contributed by atoms with E-state index in [4.69, 9.17) is 4.74 Å². The van der Waals surface area contributed by atoms with Gasteiger partial charge in [0.15, 0.2) is 0 Å². The van der Waals surface area contributed by atoms with Crippen LogP contribution in [-0.2, 0) is 0 Å². The molecule has 1 amide bonds. The van der Waals surface area contributed by atoms with Crippen molar-refractivity contribution in [3.63, 3.8) is 0 Å². The maximum absolute atomic E-state index is 11.7. The minimum absolute atomic E-state index is 0.242. The fraction of sp³-hybridized carbons (Fsp3) is 0.500. The minimum Gasteiger partial charge on any atom is -0.389 e. The fourth-order valence-corrected chi connectivity index (χ4v) is 1.48. The van der Waals surface area contributed by atoms with Crippen molar-refractivity contribution in [2.24, 2.45) is 0 Å². The fourth-order valence-electron chi connectivity index (χ4n) is 1.48. The third-order valence-corrected chi connectivity index (χ3v) is 2.49. The molecule has 1 saturated heterocycles. The van der Waals surface area contributed by atoms with E-state index >= 15 is 0 Å². The van der Waals surface area contributed by atoms with E-state index in [1.54, 1.807) is 4.90 Å². The molecule has 0 bridgehead atoms. The summed E-state index contributed by atoms with van der Waals surface area (Å²) in [5.74, 6) is 0.242. The maximum atomic E-state index is 11.7. The van der Waals surface area contributed by atoms with Crippen LogP contribution in [0, 0.1) is 0 Å². The number of hydrogen-bond donors (Lipinski definition) is 0. The van der Waals surface area contributed by atoms with Crippen LogP contribution < -0.4 is 4.74 Å². The van der Waals surface area contributed by atoms with Gasteiger partial charge in [-0.15, -0.1) is 0 Å². The second-order valence-electron chi connectivity index (χ2n) is 3.70. The summed E-state index contributed by atoms with van der Waals surface area (Å²) in [7, 11) is 2.03. The summed E-state index contributed by atoms with van der Waals surface area (Å²) in [6.45, 7) is 3.12. The van der Waals surface area contributed by atoms with Crippen LogP contribution in [0.15, 0.2) is 18.6 Å². The Morgan fingerprint density at radius 3 is 2.69 bits per heavy atom. The van der Waals surface area contributed by atoms with Crippen molar-refractivity contribution >= 4 is 6.09 Å². The Hall–Kier alpha value is -1.69. The summed E-state index contributed by atoms with van der Waals surface area (Å²) in [6.07, 6.45) is 4.10. The van der Waals surface area contributed by atoms with Crippen LogP contribution in [0.3, 0.4) is 0 Å². The van der Waals surface area contributed by atoms with Gasteiger partial charge < -0.3 is 14.5 Å². The molecule has 0 unspecified atom stereocenters. The first-order valence-electron chi connectivity index (χ1n) is 5.17. The normalized spacial score (nSPS) is 17.2. The van der Waals surface area contributed by atoms with Gasteiger partial charge in [0.05, 0.1) is 6.20 Å². The third kappa shape index (κ3) is 2.66. The number of aromatic nitrogens is 2. The molecule has 0 atom stereocenters. The smallest absolute Gasteiger partial charge is 0.389 e. The van der Waals surface area contributed by atoms with Gasteiger partial charge >= 0.3 is 6.09 Å². The quantitative estimate of drug-likeness (QED) is 0.680. The lowest BCUT2D eigenvalue weighted by Crippen LogP contribution is -2.48. The summed E-state index contributed by atoms with van der Waals surface area (Å²) in [4.78, 5) is 23.3. The number of likely N-dealkylation sites (N-methyl/N-ethyl adjacent to an activating group) is 1. The average Bonchev–Trinajstić information content (AvgIpc) is 2.31. The average molecular weight is 222 g/mol. The van der Waals surface area contributed by atoms with Crippen LogP contribution in [0.5, 0.6) is 5.88 Å². The zero-order chi connectivity index (χ0) is 11.4. The molecule has 16 heavy (non-hydrogen) atoms. The topological polar surface area (TPSA) is 58.6 Å². The second-order valence-corrected chi connectivity index (χ2v) is 3.70. The first-order chi connectivity index (χ1) is 7.75. The van der Waals surface area contributed by atoms with Gasteiger partial charge in [-0.1, -0.05) is 0 Å². The Balaban J connectivity index is 1.89. The number of piperazine rings is 1. The van der Waals surface area contributed by atoms with E-state index in [0.717, 1.165) is 13.1 Å². The van der Waals surface area contributed by atoms with Gasteiger partial charge in [0, 0.05) is 38.6 Å². The molecule has 2 rings (SSSR count). The third-order valence-electron chi connectivity index (χ3n) is 2.49. The molecular weight excluding hydrogens is 208 g/mol. The van der Waals surface area contributed by atoms with Crippen LogP contribution in [0.1, 0.15) is 0 Å². The summed E-state index contributed by atoms with van der Waals surface area (Å²) < 4.78 is 5.08. The molecule has 1 aliphatic heterocycles. The number of amides is 1. The maximum Gasteiger partial charge on any atom is 0.416 e. The molecule has 6 nitrogen and oxygen atoms in total. The van der Waals surface area contributed by atoms with E-state index < -0.39 is 0 Å². The van der Waals surface area contributed by atoms with Crippen molar-refractivity contribution in [2.75, 3.05) is 33.2 Å². The molecule has 86 valence electrons. The number of carbonyl (C=O) groups excluding carboxylic acids is 1. The molecule has 0 aromatic carbocycles. The van der Waals surface area contributed by atoms with E-state index in [-0.39, 0.29) is 12.0 Å². The van der Waals surface area contributed by atoms with Gasteiger partial charge in [-0.05, 0) is 7.05 Å². The van der Waals surface area contributed by atoms with Gasteiger partial charge in [-0.25, -0.2) is 9.78 Å². The van der Waals surface area contributed by atoms with Crippen LogP contribution in [-0.4, -0.2) is 59.1 Å². The highest BCUT2D eigenvalue weighted by atomic mass is 16.6. The molecule has 1 aromatic heterocycles. The molecule has 1 aromatic rings. The Morgan fingerprint density at radius 1 is 1.31 bits per heavy atom. The predicted molar refractivity (Wildman–Crippen MR) is 57.1 cm³/mol. The van der Waals surface area contributed by atoms with E-state index in [2.05, 4.69) is 14.9 Å². The van der Waals surface area contributed by atoms with Crippen molar-refractivity contribution < 1.29 is 9.53 Å². The van der Waals surface area contributed by atoms with Gasteiger partial charge in [-0.3, -0.25) is 4.98 Å². The van der Waals surface area contributed by atoms with E-state index in [0.29, 0.717) is 13.1 Å². The SMILES string of the molecule is CN1CCN(C(=O)Oc2cnccn2)CC1. The van der Waals surface area contributed by atoms with Gasteiger partial charge in [-0.2, -0.15) is 0 Å². The number of hydrogen-bond acceptors (Lipinski definition) is 5. The lowest BCUT2D eigenvalue weighted by molar-refractivity contribution is 0.119. The molecule has 0 spiro atoms. The first-order valence-corrected chi connectivity index (χ1v) is 5.17. The predicted octanol–water partition coefficient (Wildman–Crippen LogP) is 0.223. The molecule has 0 aliphatic carbocycles. The largest absolute Gasteiger partial charge is 0.416 e. The van der Waals surface area contributed by atoms with E-state index in [1.807, 2.05) is 7.05 Å². The highest BCUT2D eigenvalue weighted by molar-refractivity contribution is 5.70. The van der Waals surface area contributed by atoms with Crippen LogP contribution in [0.25, 0.3) is 0 Å². The highest BCUT2D eigenvalue weighted by Crippen LogP contribution is 2.06. The molecule has 1 fully saturated rings. The standard InChI is InChI=1S/C10H14N4O2/c1-13-4-6-14(7-5-13)10(15)16-9-8-11-2-3-12-9/h2-3,8H,4-7H2,1H3. The van der Waals surface area contributed by atoms with Gasteiger partial charge in [0.1, 0.15) is 0 Å². The van der Waals surface area contributed by atoms with Crippen molar-refractivity contribution in [2.45, 2.75) is 0 Å². The summed E-state index contributed by atoms with van der Waals surface area (Å²) in [5, 5.41) is 0. The van der Waals surface area contributed by atoms with Crippen LogP contribution in [0.4, 0.5) is 4.79 Å². The van der Waals surface area contributed by atoms with Gasteiger partial charge in [0.2, 0.25) is 5.88 Å². The number of carbonyl (C=O) groups is 1. The van der Waals surface area contributed by atoms with E-state index in [1.165, 1.54) is 18.6 Å². The highest BCUT2D eigenvalue weighted by Gasteiger charge is 2.20. The number of nitrogens with zero attached hydrogens (tertiary/aromatic N) is 4. The zero-order valence-electron chi connectivity index (χ0n) is 9.17. The number of ether oxygens (including phenoxy) is 1. The summed E-state index contributed by atoms with van der Waals surface area (Å²) in [6, 6.07) is 0. The summed E-state index contributed by atoms with van der Waals surface area (Å²) in [5.41, 5.74) is 0. The van der Waals surface area contributed by atoms with Crippen molar-refractivity contribution in [3.05, 3.63) is 18.6 Å². The molecule has 0 N–H and O–H groups in total. The first kappa shape index (κ1) is 10.8. The number of rotatable bonds is 1. The lowest BCUT2D eigenvalue weighted by Gasteiger charge is -2.31. The monoisotopic (exact) mass is 222 g/mol. The molecule has 1 aliphatic rings. The van der Waals surface area contributed by atoms with Crippen molar-refractivity contribution in [1.29, 1.82) is 0 Å². The van der Waals surface area contributed by atoms with E-state index in [9.17, 15) is 4.79 Å². The Kier molecular flexibility index (Phi) is 3.31. The molecular formula is C10H14N4O2. The Morgan fingerprint density at radius 2 is 2.06 bits per heavy atom. The lowest BCUT2D eigenvalue weighted by atomic mass is 10.3. The molecule has 0 radical (unpaired) electrons.